The lowest BCUT2D eigenvalue weighted by atomic mass is 10.1. The molecular formula is C13H14FN3O2. The molecule has 1 heterocycles. The number of nitro groups is 1. The summed E-state index contributed by atoms with van der Waals surface area (Å²) in [7, 11) is 0. The maximum Gasteiger partial charge on any atom is 0.277 e. The zero-order valence-corrected chi connectivity index (χ0v) is 10.7. The van der Waals surface area contributed by atoms with E-state index < -0.39 is 10.7 Å². The molecule has 100 valence electrons. The fraction of sp³-hybridized carbons (Fsp3) is 0.308. The Kier molecular flexibility index (Phi) is 3.59. The molecule has 0 spiro atoms. The van der Waals surface area contributed by atoms with Crippen molar-refractivity contribution >= 4 is 5.69 Å². The first-order chi connectivity index (χ1) is 8.97. The SMILES string of the molecule is CC(C)Cn1cc(-c2cc(F)ccc2[N+](=O)[O-])cn1. The van der Waals surface area contributed by atoms with Crippen LogP contribution in [-0.2, 0) is 6.54 Å². The molecule has 5 nitrogen and oxygen atoms in total. The average Bonchev–Trinajstić information content (AvgIpc) is 2.75. The van der Waals surface area contributed by atoms with E-state index in [2.05, 4.69) is 5.10 Å². The molecular weight excluding hydrogens is 249 g/mol. The van der Waals surface area contributed by atoms with E-state index in [1.807, 2.05) is 13.8 Å². The van der Waals surface area contributed by atoms with Gasteiger partial charge in [-0.15, -0.1) is 0 Å². The zero-order chi connectivity index (χ0) is 14.0. The van der Waals surface area contributed by atoms with Crippen LogP contribution >= 0.6 is 0 Å². The first-order valence-electron chi connectivity index (χ1n) is 5.94. The van der Waals surface area contributed by atoms with Gasteiger partial charge in [0.25, 0.3) is 5.69 Å². The second-order valence-corrected chi connectivity index (χ2v) is 4.76. The molecule has 1 aromatic heterocycles. The number of rotatable bonds is 4. The second-order valence-electron chi connectivity index (χ2n) is 4.76. The summed E-state index contributed by atoms with van der Waals surface area (Å²) in [6.07, 6.45) is 3.21. The van der Waals surface area contributed by atoms with Crippen LogP contribution in [0.15, 0.2) is 30.6 Å². The third-order valence-corrected chi connectivity index (χ3v) is 2.65. The van der Waals surface area contributed by atoms with Crippen LogP contribution in [0.25, 0.3) is 11.1 Å². The molecule has 1 aromatic carbocycles. The topological polar surface area (TPSA) is 61.0 Å². The van der Waals surface area contributed by atoms with Crippen molar-refractivity contribution in [2.45, 2.75) is 20.4 Å². The Morgan fingerprint density at radius 2 is 2.21 bits per heavy atom. The molecule has 0 unspecified atom stereocenters. The van der Waals surface area contributed by atoms with Gasteiger partial charge in [-0.25, -0.2) is 4.39 Å². The van der Waals surface area contributed by atoms with Crippen molar-refractivity contribution in [3.8, 4) is 11.1 Å². The van der Waals surface area contributed by atoms with Crippen molar-refractivity contribution in [1.82, 2.24) is 9.78 Å². The largest absolute Gasteiger partial charge is 0.277 e. The van der Waals surface area contributed by atoms with Crippen LogP contribution in [0.4, 0.5) is 10.1 Å². The molecule has 19 heavy (non-hydrogen) atoms. The minimum absolute atomic E-state index is 0.120. The molecule has 0 fully saturated rings. The fourth-order valence-electron chi connectivity index (χ4n) is 1.88. The highest BCUT2D eigenvalue weighted by molar-refractivity contribution is 5.72. The Hall–Kier alpha value is -2.24. The van der Waals surface area contributed by atoms with Gasteiger partial charge in [0.1, 0.15) is 5.82 Å². The van der Waals surface area contributed by atoms with Gasteiger partial charge in [0, 0.05) is 24.4 Å². The zero-order valence-electron chi connectivity index (χ0n) is 10.7. The van der Waals surface area contributed by atoms with Crippen molar-refractivity contribution in [3.63, 3.8) is 0 Å². The molecule has 0 saturated heterocycles. The number of nitro benzene ring substituents is 1. The van der Waals surface area contributed by atoms with Gasteiger partial charge in [-0.1, -0.05) is 13.8 Å². The molecule has 0 atom stereocenters. The van der Waals surface area contributed by atoms with Crippen LogP contribution in [0.1, 0.15) is 13.8 Å². The predicted molar refractivity (Wildman–Crippen MR) is 69.1 cm³/mol. The van der Waals surface area contributed by atoms with Gasteiger partial charge in [0.15, 0.2) is 0 Å². The van der Waals surface area contributed by atoms with E-state index in [0.717, 1.165) is 12.1 Å². The second kappa shape index (κ2) is 5.17. The Balaban J connectivity index is 2.43. The van der Waals surface area contributed by atoms with Gasteiger partial charge in [-0.3, -0.25) is 14.8 Å². The standard InChI is InChI=1S/C13H14FN3O2/c1-9(2)7-16-8-10(6-15-16)12-5-11(14)3-4-13(12)17(18)19/h3-6,8-9H,7H2,1-2H3. The van der Waals surface area contributed by atoms with E-state index in [0.29, 0.717) is 18.0 Å². The van der Waals surface area contributed by atoms with E-state index in [1.54, 1.807) is 10.9 Å². The highest BCUT2D eigenvalue weighted by Crippen LogP contribution is 2.30. The normalized spacial score (nSPS) is 10.9. The van der Waals surface area contributed by atoms with E-state index in [1.165, 1.54) is 12.3 Å². The van der Waals surface area contributed by atoms with E-state index in [4.69, 9.17) is 0 Å². The number of hydrogen-bond donors (Lipinski definition) is 0. The number of aromatic nitrogens is 2. The van der Waals surface area contributed by atoms with Gasteiger partial charge < -0.3 is 0 Å². The molecule has 2 aromatic rings. The monoisotopic (exact) mass is 263 g/mol. The Morgan fingerprint density at radius 1 is 1.47 bits per heavy atom. The Bertz CT molecular complexity index is 608. The molecule has 0 aliphatic heterocycles. The van der Waals surface area contributed by atoms with Crippen LogP contribution in [0, 0.1) is 21.8 Å². The van der Waals surface area contributed by atoms with Gasteiger partial charge in [0.05, 0.1) is 16.7 Å². The van der Waals surface area contributed by atoms with Crippen LogP contribution in [0.3, 0.4) is 0 Å². The van der Waals surface area contributed by atoms with Gasteiger partial charge in [0.2, 0.25) is 0 Å². The third kappa shape index (κ3) is 2.96. The maximum absolute atomic E-state index is 13.3. The summed E-state index contributed by atoms with van der Waals surface area (Å²) in [6, 6.07) is 3.42. The summed E-state index contributed by atoms with van der Waals surface area (Å²) in [6.45, 7) is 4.81. The highest BCUT2D eigenvalue weighted by Gasteiger charge is 2.17. The summed E-state index contributed by atoms with van der Waals surface area (Å²) in [4.78, 5) is 10.4. The Morgan fingerprint density at radius 3 is 2.84 bits per heavy atom. The van der Waals surface area contributed by atoms with Gasteiger partial charge >= 0.3 is 0 Å². The third-order valence-electron chi connectivity index (χ3n) is 2.65. The van der Waals surface area contributed by atoms with Gasteiger partial charge in [-0.05, 0) is 18.1 Å². The lowest BCUT2D eigenvalue weighted by Crippen LogP contribution is -2.04. The van der Waals surface area contributed by atoms with Crippen LogP contribution in [0.5, 0.6) is 0 Å². The molecule has 0 radical (unpaired) electrons. The van der Waals surface area contributed by atoms with Crippen molar-refractivity contribution in [2.75, 3.05) is 0 Å². The number of halogens is 1. The maximum atomic E-state index is 13.3. The van der Waals surface area contributed by atoms with E-state index in [-0.39, 0.29) is 11.3 Å². The number of benzene rings is 1. The van der Waals surface area contributed by atoms with Crippen LogP contribution < -0.4 is 0 Å². The smallest absolute Gasteiger partial charge is 0.272 e. The van der Waals surface area contributed by atoms with Crippen molar-refractivity contribution < 1.29 is 9.31 Å². The lowest BCUT2D eigenvalue weighted by molar-refractivity contribution is -0.384. The summed E-state index contributed by atoms with van der Waals surface area (Å²) < 4.78 is 15.0. The van der Waals surface area contributed by atoms with Crippen molar-refractivity contribution in [3.05, 3.63) is 46.5 Å². The lowest BCUT2D eigenvalue weighted by Gasteiger charge is -2.03. The molecule has 0 aliphatic carbocycles. The molecule has 0 saturated carbocycles. The molecule has 0 amide bonds. The molecule has 0 bridgehead atoms. The molecule has 6 heteroatoms. The van der Waals surface area contributed by atoms with Gasteiger partial charge in [-0.2, -0.15) is 5.10 Å². The highest BCUT2D eigenvalue weighted by atomic mass is 19.1. The summed E-state index contributed by atoms with van der Waals surface area (Å²) in [5.41, 5.74) is 0.678. The molecule has 2 rings (SSSR count). The van der Waals surface area contributed by atoms with E-state index >= 15 is 0 Å². The number of hydrogen-bond acceptors (Lipinski definition) is 3. The summed E-state index contributed by atoms with van der Waals surface area (Å²) in [5, 5.41) is 15.1. The van der Waals surface area contributed by atoms with Crippen molar-refractivity contribution in [1.29, 1.82) is 0 Å². The average molecular weight is 263 g/mol. The predicted octanol–water partition coefficient (Wildman–Crippen LogP) is 3.25. The minimum atomic E-state index is -0.519. The molecule has 0 aliphatic rings. The summed E-state index contributed by atoms with van der Waals surface area (Å²) >= 11 is 0. The number of nitrogens with zero attached hydrogens (tertiary/aromatic N) is 3. The van der Waals surface area contributed by atoms with E-state index in [9.17, 15) is 14.5 Å². The first kappa shape index (κ1) is 13.2. The van der Waals surface area contributed by atoms with Crippen molar-refractivity contribution in [2.24, 2.45) is 5.92 Å². The Labute approximate surface area is 109 Å². The van der Waals surface area contributed by atoms with Crippen LogP contribution in [0.2, 0.25) is 0 Å². The first-order valence-corrected chi connectivity index (χ1v) is 5.94. The molecule has 0 N–H and O–H groups in total. The quantitative estimate of drug-likeness (QED) is 0.628. The fourth-order valence-corrected chi connectivity index (χ4v) is 1.88. The minimum Gasteiger partial charge on any atom is -0.272 e. The van der Waals surface area contributed by atoms with Crippen LogP contribution in [-0.4, -0.2) is 14.7 Å². The summed E-state index contributed by atoms with van der Waals surface area (Å²) in [5.74, 6) is -0.0903.